The molecule has 0 fully saturated rings. The topological polar surface area (TPSA) is 25.8 Å². The molecule has 0 aliphatic heterocycles. The third-order valence-electron chi connectivity index (χ3n) is 1.50. The van der Waals surface area contributed by atoms with Crippen LogP contribution in [0.4, 0.5) is 0 Å². The third kappa shape index (κ3) is 1.30. The van der Waals surface area contributed by atoms with Crippen LogP contribution in [0.15, 0.2) is 29.0 Å². The van der Waals surface area contributed by atoms with Gasteiger partial charge in [0.15, 0.2) is 5.65 Å². The highest BCUT2D eigenvalue weighted by atomic mass is 79.9. The van der Waals surface area contributed by atoms with Crippen LogP contribution in [0.5, 0.6) is 0 Å². The van der Waals surface area contributed by atoms with Gasteiger partial charge in [-0.25, -0.2) is 9.97 Å². The molecule has 0 N–H and O–H groups in total. The van der Waals surface area contributed by atoms with E-state index in [9.17, 15) is 0 Å². The summed E-state index contributed by atoms with van der Waals surface area (Å²) >= 11 is 9.20. The molecular formula is C8H4BrClN2. The summed E-state index contributed by atoms with van der Waals surface area (Å²) < 4.78 is 0.707. The highest BCUT2D eigenvalue weighted by Crippen LogP contribution is 2.23. The lowest BCUT2D eigenvalue weighted by molar-refractivity contribution is 1.26. The van der Waals surface area contributed by atoms with Gasteiger partial charge in [0, 0.05) is 11.6 Å². The van der Waals surface area contributed by atoms with Gasteiger partial charge < -0.3 is 0 Å². The van der Waals surface area contributed by atoms with Crippen molar-refractivity contribution in [1.82, 2.24) is 9.97 Å². The molecule has 0 saturated heterocycles. The van der Waals surface area contributed by atoms with Gasteiger partial charge in [-0.1, -0.05) is 11.6 Å². The van der Waals surface area contributed by atoms with Crippen LogP contribution in [0, 0.1) is 0 Å². The highest BCUT2D eigenvalue weighted by Gasteiger charge is 2.01. The van der Waals surface area contributed by atoms with Crippen LogP contribution in [-0.2, 0) is 0 Å². The molecule has 0 saturated carbocycles. The van der Waals surface area contributed by atoms with E-state index in [1.54, 1.807) is 12.3 Å². The number of rotatable bonds is 0. The van der Waals surface area contributed by atoms with E-state index >= 15 is 0 Å². The second-order valence-electron chi connectivity index (χ2n) is 2.30. The Morgan fingerprint density at radius 1 is 1.42 bits per heavy atom. The van der Waals surface area contributed by atoms with Crippen LogP contribution < -0.4 is 0 Å². The number of nitrogens with zero attached hydrogens (tertiary/aromatic N) is 2. The maximum Gasteiger partial charge on any atom is 0.161 e. The minimum atomic E-state index is 0.664. The van der Waals surface area contributed by atoms with Gasteiger partial charge in [0.25, 0.3) is 0 Å². The molecule has 2 rings (SSSR count). The molecule has 0 amide bonds. The van der Waals surface area contributed by atoms with Gasteiger partial charge in [-0.2, -0.15) is 0 Å². The minimum Gasteiger partial charge on any atom is -0.237 e. The first-order valence-electron chi connectivity index (χ1n) is 3.34. The Morgan fingerprint density at radius 3 is 3.08 bits per heavy atom. The zero-order valence-corrected chi connectivity index (χ0v) is 8.30. The Labute approximate surface area is 82.7 Å². The third-order valence-corrected chi connectivity index (χ3v) is 2.22. The average Bonchev–Trinajstić information content (AvgIpc) is 2.04. The molecule has 2 aromatic rings. The second-order valence-corrected chi connectivity index (χ2v) is 3.52. The fourth-order valence-corrected chi connectivity index (χ4v) is 1.77. The highest BCUT2D eigenvalue weighted by molar-refractivity contribution is 9.10. The van der Waals surface area contributed by atoms with Gasteiger partial charge >= 0.3 is 0 Å². The number of hydrogen-bond donors (Lipinski definition) is 0. The quantitative estimate of drug-likeness (QED) is 0.665. The van der Waals surface area contributed by atoms with Crippen molar-refractivity contribution >= 4 is 38.6 Å². The van der Waals surface area contributed by atoms with Crippen molar-refractivity contribution in [2.24, 2.45) is 0 Å². The molecule has 0 bridgehead atoms. The zero-order valence-electron chi connectivity index (χ0n) is 5.96. The number of halogens is 2. The van der Waals surface area contributed by atoms with E-state index in [4.69, 9.17) is 11.6 Å². The van der Waals surface area contributed by atoms with Gasteiger partial charge in [-0.15, -0.1) is 0 Å². The fraction of sp³-hybridized carbons (Fsp3) is 0. The molecule has 0 radical (unpaired) electrons. The van der Waals surface area contributed by atoms with Crippen LogP contribution in [0.1, 0.15) is 0 Å². The molecule has 2 nitrogen and oxygen atoms in total. The molecule has 0 aliphatic carbocycles. The van der Waals surface area contributed by atoms with E-state index in [1.807, 2.05) is 12.1 Å². The Morgan fingerprint density at radius 2 is 2.25 bits per heavy atom. The Balaban J connectivity index is 2.89. The second kappa shape index (κ2) is 2.99. The van der Waals surface area contributed by atoms with Crippen molar-refractivity contribution in [2.45, 2.75) is 0 Å². The molecule has 4 heteroatoms. The van der Waals surface area contributed by atoms with E-state index < -0.39 is 0 Å². The van der Waals surface area contributed by atoms with Gasteiger partial charge in [0.2, 0.25) is 0 Å². The SMILES string of the molecule is Clc1cc(Br)nc2ncccc12. The standard InChI is InChI=1S/C8H4BrClN2/c9-7-4-6(10)5-2-1-3-11-8(5)12-7/h1-4H. The monoisotopic (exact) mass is 242 g/mol. The summed E-state index contributed by atoms with van der Waals surface area (Å²) in [7, 11) is 0. The summed E-state index contributed by atoms with van der Waals surface area (Å²) in [6.07, 6.45) is 1.69. The predicted molar refractivity (Wildman–Crippen MR) is 52.2 cm³/mol. The molecule has 2 heterocycles. The van der Waals surface area contributed by atoms with Crippen molar-refractivity contribution < 1.29 is 0 Å². The summed E-state index contributed by atoms with van der Waals surface area (Å²) in [5.74, 6) is 0. The molecule has 0 aliphatic rings. The predicted octanol–water partition coefficient (Wildman–Crippen LogP) is 3.05. The molecule has 0 aromatic carbocycles. The van der Waals surface area contributed by atoms with Gasteiger partial charge in [-0.3, -0.25) is 0 Å². The smallest absolute Gasteiger partial charge is 0.161 e. The van der Waals surface area contributed by atoms with Gasteiger partial charge in [0.05, 0.1) is 5.02 Å². The maximum absolute atomic E-state index is 5.95. The lowest BCUT2D eigenvalue weighted by Gasteiger charge is -1.98. The number of pyridine rings is 2. The van der Waals surface area contributed by atoms with E-state index in [1.165, 1.54) is 0 Å². The average molecular weight is 243 g/mol. The van der Waals surface area contributed by atoms with Gasteiger partial charge in [0.1, 0.15) is 4.60 Å². The van der Waals surface area contributed by atoms with Crippen molar-refractivity contribution in [3.63, 3.8) is 0 Å². The lowest BCUT2D eigenvalue weighted by Crippen LogP contribution is -1.84. The largest absolute Gasteiger partial charge is 0.237 e. The normalized spacial score (nSPS) is 10.5. The summed E-state index contributed by atoms with van der Waals surface area (Å²) in [6, 6.07) is 5.49. The summed E-state index contributed by atoms with van der Waals surface area (Å²) in [6.45, 7) is 0. The Hall–Kier alpha value is -0.670. The number of aromatic nitrogens is 2. The van der Waals surface area contributed by atoms with E-state index in [0.29, 0.717) is 15.3 Å². The Kier molecular flexibility index (Phi) is 1.98. The van der Waals surface area contributed by atoms with Crippen molar-refractivity contribution in [3.05, 3.63) is 34.0 Å². The van der Waals surface area contributed by atoms with Crippen LogP contribution in [0.25, 0.3) is 11.0 Å². The zero-order chi connectivity index (χ0) is 8.55. The van der Waals surface area contributed by atoms with Crippen LogP contribution in [-0.4, -0.2) is 9.97 Å². The first-order valence-corrected chi connectivity index (χ1v) is 4.51. The van der Waals surface area contributed by atoms with Crippen molar-refractivity contribution in [2.75, 3.05) is 0 Å². The minimum absolute atomic E-state index is 0.664. The molecule has 0 unspecified atom stereocenters. The van der Waals surface area contributed by atoms with Crippen molar-refractivity contribution in [1.29, 1.82) is 0 Å². The Bertz CT molecular complexity index is 430. The van der Waals surface area contributed by atoms with Crippen LogP contribution in [0.3, 0.4) is 0 Å². The first kappa shape index (κ1) is 7.95. The van der Waals surface area contributed by atoms with Crippen LogP contribution in [0.2, 0.25) is 5.02 Å². The molecule has 0 atom stereocenters. The number of fused-ring (bicyclic) bond motifs is 1. The molecule has 60 valence electrons. The van der Waals surface area contributed by atoms with Crippen molar-refractivity contribution in [3.8, 4) is 0 Å². The summed E-state index contributed by atoms with van der Waals surface area (Å²) in [4.78, 5) is 8.23. The van der Waals surface area contributed by atoms with E-state index in [0.717, 1.165) is 5.39 Å². The molecular weight excluding hydrogens is 239 g/mol. The molecule has 12 heavy (non-hydrogen) atoms. The number of hydrogen-bond acceptors (Lipinski definition) is 2. The van der Waals surface area contributed by atoms with Crippen LogP contribution >= 0.6 is 27.5 Å². The molecule has 0 spiro atoms. The fourth-order valence-electron chi connectivity index (χ4n) is 0.988. The lowest BCUT2D eigenvalue weighted by atomic mass is 10.3. The van der Waals surface area contributed by atoms with E-state index in [2.05, 4.69) is 25.9 Å². The van der Waals surface area contributed by atoms with E-state index in [-0.39, 0.29) is 0 Å². The maximum atomic E-state index is 5.95. The molecule has 2 aromatic heterocycles. The first-order chi connectivity index (χ1) is 5.77. The van der Waals surface area contributed by atoms with Gasteiger partial charge in [-0.05, 0) is 34.1 Å². The summed E-state index contributed by atoms with van der Waals surface area (Å²) in [5, 5.41) is 1.54. The summed E-state index contributed by atoms with van der Waals surface area (Å²) in [5.41, 5.74) is 0.664.